The lowest BCUT2D eigenvalue weighted by atomic mass is 10.0. The summed E-state index contributed by atoms with van der Waals surface area (Å²) in [5, 5.41) is 0. The number of phosphoric acid groups is 1. The summed E-state index contributed by atoms with van der Waals surface area (Å²) < 4.78 is 33.9. The smallest absolute Gasteiger partial charge is 0.306 e. The Hall–Kier alpha value is -2.55. The normalized spacial score (nSPS) is 14.1. The van der Waals surface area contributed by atoms with E-state index in [2.05, 4.69) is 80.7 Å². The quantitative estimate of drug-likeness (QED) is 0.0195. The third kappa shape index (κ3) is 46.9. The van der Waals surface area contributed by atoms with Gasteiger partial charge in [-0.15, -0.1) is 0 Å². The number of quaternary nitrogens is 1. The number of unbranched alkanes of at least 4 members (excludes halogenated alkanes) is 18. The van der Waals surface area contributed by atoms with Crippen LogP contribution in [-0.4, -0.2) is 70.0 Å². The van der Waals surface area contributed by atoms with Crippen molar-refractivity contribution < 1.29 is 42.1 Å². The molecule has 358 valence electrons. The first kappa shape index (κ1) is 59.5. The third-order valence-corrected chi connectivity index (χ3v) is 11.2. The highest BCUT2D eigenvalue weighted by molar-refractivity contribution is 7.45. The molecule has 0 aliphatic heterocycles. The van der Waals surface area contributed by atoms with E-state index < -0.39 is 32.5 Å². The molecule has 0 N–H and O–H groups in total. The Bertz CT molecular complexity index is 1280. The van der Waals surface area contributed by atoms with Crippen LogP contribution in [0.1, 0.15) is 194 Å². The topological polar surface area (TPSA) is 111 Å². The van der Waals surface area contributed by atoms with Gasteiger partial charge in [0, 0.05) is 12.8 Å². The fraction of sp³-hybridized carbons (Fsp3) is 0.731. The number of hydrogen-bond donors (Lipinski definition) is 0. The van der Waals surface area contributed by atoms with E-state index in [1.807, 2.05) is 27.2 Å². The number of phosphoric ester groups is 1. The standard InChI is InChI=1S/C52H92NO8P/c1-6-8-10-12-14-16-18-20-22-24-25-26-27-29-31-33-35-37-39-41-43-45-52(55)61-50(49-60-62(56,57)59-47-46-53(3,4)5)48-58-51(54)44-42-40-38-36-34-32-30-28-23-21-19-17-15-13-11-9-7-2/h9,11,15,17,20-23,30,32,36,38,50H,6-8,10,12-14,16,18-19,24-29,31,33-35,37,39-49H2,1-5H3/b11-9+,17-15+,22-20+,23-21+,32-30+,38-36+/t50-/m1/s1. The lowest BCUT2D eigenvalue weighted by Crippen LogP contribution is -2.37. The molecule has 2 atom stereocenters. The molecule has 1 unspecified atom stereocenters. The van der Waals surface area contributed by atoms with E-state index in [1.165, 1.54) is 96.3 Å². The lowest BCUT2D eigenvalue weighted by molar-refractivity contribution is -0.870. The SMILES string of the molecule is CC/C=C/C/C=C/C/C=C/C/C=C/C/C=C/CCCC(=O)OC[C@H](COP(=O)([O-])OCC[N+](C)(C)C)OC(=O)CCCCCCCCCCCCC/C=C/CCCCCCCC. The van der Waals surface area contributed by atoms with E-state index in [1.54, 1.807) is 0 Å². The van der Waals surface area contributed by atoms with Crippen LogP contribution in [0.4, 0.5) is 0 Å². The van der Waals surface area contributed by atoms with Gasteiger partial charge in [0.2, 0.25) is 0 Å². The monoisotopic (exact) mass is 890 g/mol. The molecule has 0 spiro atoms. The number of nitrogens with zero attached hydrogens (tertiary/aromatic N) is 1. The van der Waals surface area contributed by atoms with E-state index in [0.29, 0.717) is 23.9 Å². The highest BCUT2D eigenvalue weighted by Crippen LogP contribution is 2.38. The molecule has 0 saturated carbocycles. The summed E-state index contributed by atoms with van der Waals surface area (Å²) in [5.41, 5.74) is 0. The Kier molecular flexibility index (Phi) is 41.9. The Morgan fingerprint density at radius 3 is 1.44 bits per heavy atom. The number of esters is 2. The molecule has 0 rings (SSSR count). The summed E-state index contributed by atoms with van der Waals surface area (Å²) in [6, 6.07) is 0. The summed E-state index contributed by atoms with van der Waals surface area (Å²) in [4.78, 5) is 37.6. The van der Waals surface area contributed by atoms with Crippen LogP contribution in [0.2, 0.25) is 0 Å². The maximum absolute atomic E-state index is 12.7. The summed E-state index contributed by atoms with van der Waals surface area (Å²) in [6.45, 7) is 4.05. The predicted octanol–water partition coefficient (Wildman–Crippen LogP) is 13.9. The first-order valence-corrected chi connectivity index (χ1v) is 26.1. The zero-order chi connectivity index (χ0) is 45.7. The van der Waals surface area contributed by atoms with Crippen LogP contribution in [0, 0.1) is 0 Å². The number of likely N-dealkylation sites (N-methyl/N-ethyl adjacent to an activating group) is 1. The number of carbonyl (C=O) groups excluding carboxylic acids is 2. The molecule has 0 heterocycles. The second-order valence-corrected chi connectivity index (χ2v) is 18.9. The minimum Gasteiger partial charge on any atom is -0.756 e. The Morgan fingerprint density at radius 2 is 0.935 bits per heavy atom. The van der Waals surface area contributed by atoms with Gasteiger partial charge in [0.1, 0.15) is 19.8 Å². The first-order valence-electron chi connectivity index (χ1n) is 24.6. The Labute approximate surface area is 380 Å². The van der Waals surface area contributed by atoms with Crippen molar-refractivity contribution in [1.29, 1.82) is 0 Å². The molecule has 0 fully saturated rings. The van der Waals surface area contributed by atoms with Gasteiger partial charge in [-0.05, 0) is 77.0 Å². The summed E-state index contributed by atoms with van der Waals surface area (Å²) >= 11 is 0. The predicted molar refractivity (Wildman–Crippen MR) is 259 cm³/mol. The maximum atomic E-state index is 12.7. The average molecular weight is 890 g/mol. The molecule has 0 aromatic rings. The van der Waals surface area contributed by atoms with Crippen molar-refractivity contribution in [1.82, 2.24) is 0 Å². The van der Waals surface area contributed by atoms with Gasteiger partial charge in [0.25, 0.3) is 7.82 Å². The highest BCUT2D eigenvalue weighted by Gasteiger charge is 2.21. The summed E-state index contributed by atoms with van der Waals surface area (Å²) in [6.07, 6.45) is 55.1. The van der Waals surface area contributed by atoms with E-state index in [-0.39, 0.29) is 26.1 Å². The largest absolute Gasteiger partial charge is 0.756 e. The van der Waals surface area contributed by atoms with Gasteiger partial charge >= 0.3 is 11.9 Å². The Balaban J connectivity index is 4.35. The van der Waals surface area contributed by atoms with E-state index in [4.69, 9.17) is 18.5 Å². The zero-order valence-electron chi connectivity index (χ0n) is 40.3. The molecular formula is C52H92NO8P. The number of allylic oxidation sites excluding steroid dienone is 12. The number of rotatable bonds is 44. The van der Waals surface area contributed by atoms with Gasteiger partial charge in [0.15, 0.2) is 6.10 Å². The fourth-order valence-corrected chi connectivity index (χ4v) is 7.12. The third-order valence-electron chi connectivity index (χ3n) is 10.2. The molecule has 0 radical (unpaired) electrons. The molecule has 9 nitrogen and oxygen atoms in total. The van der Waals surface area contributed by atoms with Crippen molar-refractivity contribution >= 4 is 19.8 Å². The molecule has 0 saturated heterocycles. The van der Waals surface area contributed by atoms with Crippen LogP contribution in [0.3, 0.4) is 0 Å². The number of hydrogen-bond acceptors (Lipinski definition) is 8. The molecule has 0 aromatic heterocycles. The van der Waals surface area contributed by atoms with Crippen molar-refractivity contribution in [2.75, 3.05) is 47.5 Å². The van der Waals surface area contributed by atoms with E-state index >= 15 is 0 Å². The van der Waals surface area contributed by atoms with Gasteiger partial charge in [-0.25, -0.2) is 0 Å². The maximum Gasteiger partial charge on any atom is 0.306 e. The van der Waals surface area contributed by atoms with Crippen molar-refractivity contribution in [3.63, 3.8) is 0 Å². The fourth-order valence-electron chi connectivity index (χ4n) is 6.39. The van der Waals surface area contributed by atoms with Crippen LogP contribution in [0.15, 0.2) is 72.9 Å². The van der Waals surface area contributed by atoms with Crippen LogP contribution >= 0.6 is 7.82 Å². The lowest BCUT2D eigenvalue weighted by Gasteiger charge is -2.28. The first-order chi connectivity index (χ1) is 30.0. The van der Waals surface area contributed by atoms with Crippen LogP contribution in [0.25, 0.3) is 0 Å². The molecule has 0 aliphatic rings. The molecule has 0 bridgehead atoms. The highest BCUT2D eigenvalue weighted by atomic mass is 31.2. The summed E-state index contributed by atoms with van der Waals surface area (Å²) in [7, 11) is 1.13. The number of carbonyl (C=O) groups is 2. The van der Waals surface area contributed by atoms with E-state index in [9.17, 15) is 19.0 Å². The van der Waals surface area contributed by atoms with Crippen molar-refractivity contribution in [3.05, 3.63) is 72.9 Å². The second kappa shape index (κ2) is 43.7. The van der Waals surface area contributed by atoms with Gasteiger partial charge in [-0.2, -0.15) is 0 Å². The minimum absolute atomic E-state index is 0.0426. The zero-order valence-corrected chi connectivity index (χ0v) is 41.2. The van der Waals surface area contributed by atoms with Crippen molar-refractivity contribution in [3.8, 4) is 0 Å². The van der Waals surface area contributed by atoms with Crippen molar-refractivity contribution in [2.45, 2.75) is 200 Å². The van der Waals surface area contributed by atoms with Gasteiger partial charge in [-0.3, -0.25) is 14.2 Å². The van der Waals surface area contributed by atoms with Gasteiger partial charge < -0.3 is 27.9 Å². The molecule has 10 heteroatoms. The molecular weight excluding hydrogens is 798 g/mol. The van der Waals surface area contributed by atoms with Crippen molar-refractivity contribution in [2.24, 2.45) is 0 Å². The molecule has 62 heavy (non-hydrogen) atoms. The molecule has 0 amide bonds. The average Bonchev–Trinajstić information content (AvgIpc) is 3.23. The molecule has 0 aromatic carbocycles. The van der Waals surface area contributed by atoms with E-state index in [0.717, 1.165) is 57.8 Å². The van der Waals surface area contributed by atoms with Crippen LogP contribution < -0.4 is 4.89 Å². The van der Waals surface area contributed by atoms with Crippen LogP contribution in [0.5, 0.6) is 0 Å². The second-order valence-electron chi connectivity index (χ2n) is 17.4. The van der Waals surface area contributed by atoms with Gasteiger partial charge in [0.05, 0.1) is 27.7 Å². The van der Waals surface area contributed by atoms with Gasteiger partial charge in [-0.1, -0.05) is 177 Å². The Morgan fingerprint density at radius 1 is 0.516 bits per heavy atom. The summed E-state index contributed by atoms with van der Waals surface area (Å²) in [5.74, 6) is -0.905. The minimum atomic E-state index is -4.64. The van der Waals surface area contributed by atoms with Crippen LogP contribution in [-0.2, 0) is 32.7 Å². The molecule has 0 aliphatic carbocycles. The number of ether oxygens (including phenoxy) is 2.